The van der Waals surface area contributed by atoms with E-state index in [2.05, 4.69) is 15.0 Å². The lowest BCUT2D eigenvalue weighted by molar-refractivity contribution is -0.118. The van der Waals surface area contributed by atoms with Crippen molar-refractivity contribution in [2.45, 2.75) is 23.9 Å². The van der Waals surface area contributed by atoms with E-state index in [1.54, 1.807) is 34.5 Å². The number of nitrogens with zero attached hydrogens (tertiary/aromatic N) is 2. The van der Waals surface area contributed by atoms with Gasteiger partial charge in [-0.25, -0.2) is 17.8 Å². The number of nitrogens with one attached hydrogen (secondary N) is 2. The van der Waals surface area contributed by atoms with Crippen molar-refractivity contribution in [2.24, 2.45) is 0 Å². The average Bonchev–Trinajstić information content (AvgIpc) is 3.37. The van der Waals surface area contributed by atoms with Crippen molar-refractivity contribution in [1.29, 1.82) is 0 Å². The monoisotopic (exact) mass is 446 g/mol. The highest BCUT2D eigenvalue weighted by atomic mass is 32.2. The Balaban J connectivity index is 1.39. The van der Waals surface area contributed by atoms with Gasteiger partial charge in [0.1, 0.15) is 5.82 Å². The van der Waals surface area contributed by atoms with Crippen molar-refractivity contribution in [3.05, 3.63) is 71.5 Å². The largest absolute Gasteiger partial charge is 0.311 e. The second kappa shape index (κ2) is 8.50. The number of hydrogen-bond acceptors (Lipinski definition) is 6. The van der Waals surface area contributed by atoms with Crippen molar-refractivity contribution >= 4 is 38.1 Å². The number of hydrogen-bond donors (Lipinski definition) is 2. The van der Waals surface area contributed by atoms with Gasteiger partial charge in [0.2, 0.25) is 5.91 Å². The number of carbonyl (C=O) groups excluding carboxylic acids is 1. The minimum atomic E-state index is -3.73. The van der Waals surface area contributed by atoms with Crippen molar-refractivity contribution in [3.63, 3.8) is 0 Å². The van der Waals surface area contributed by atoms with Crippen LogP contribution in [-0.2, 0) is 21.4 Å². The maximum absolute atomic E-state index is 13.0. The fourth-order valence-corrected chi connectivity index (χ4v) is 5.01. The third-order valence-corrected chi connectivity index (χ3v) is 6.96. The highest BCUT2D eigenvalue weighted by molar-refractivity contribution is 7.93. The lowest BCUT2D eigenvalue weighted by atomic mass is 10.2. The van der Waals surface area contributed by atoms with Gasteiger partial charge in [0.25, 0.3) is 10.0 Å². The molecule has 1 aliphatic heterocycles. The van der Waals surface area contributed by atoms with E-state index >= 15 is 0 Å². The van der Waals surface area contributed by atoms with Crippen LogP contribution in [0.1, 0.15) is 12.0 Å². The predicted molar refractivity (Wildman–Crippen MR) is 113 cm³/mol. The summed E-state index contributed by atoms with van der Waals surface area (Å²) in [6.07, 6.45) is 2.15. The molecule has 4 rings (SSSR count). The number of thiazole rings is 1. The number of amides is 1. The third-order valence-electron chi connectivity index (χ3n) is 4.78. The van der Waals surface area contributed by atoms with Gasteiger partial charge in [-0.1, -0.05) is 12.1 Å². The van der Waals surface area contributed by atoms with Crippen LogP contribution in [0.5, 0.6) is 0 Å². The quantitative estimate of drug-likeness (QED) is 0.582. The summed E-state index contributed by atoms with van der Waals surface area (Å²) in [6, 6.07) is 12.0. The molecule has 7 nitrogen and oxygen atoms in total. The summed E-state index contributed by atoms with van der Waals surface area (Å²) < 4.78 is 40.3. The number of carbonyl (C=O) groups is 1. The van der Waals surface area contributed by atoms with Gasteiger partial charge in [-0.15, -0.1) is 11.3 Å². The Morgan fingerprint density at radius 2 is 1.87 bits per heavy atom. The molecule has 0 aliphatic carbocycles. The lowest BCUT2D eigenvalue weighted by Crippen LogP contribution is -2.38. The fraction of sp³-hybridized carbons (Fsp3) is 0.200. The molecule has 0 unspecified atom stereocenters. The minimum Gasteiger partial charge on any atom is -0.311 e. The summed E-state index contributed by atoms with van der Waals surface area (Å²) in [5.74, 6) is -0.372. The van der Waals surface area contributed by atoms with E-state index in [1.807, 2.05) is 0 Å². The van der Waals surface area contributed by atoms with E-state index in [4.69, 9.17) is 0 Å². The maximum atomic E-state index is 13.0. The summed E-state index contributed by atoms with van der Waals surface area (Å²) in [4.78, 5) is 18.4. The first kappa shape index (κ1) is 20.5. The molecular formula is C20H19FN4O3S2. The van der Waals surface area contributed by atoms with Crippen LogP contribution in [-0.4, -0.2) is 31.9 Å². The van der Waals surface area contributed by atoms with Crippen molar-refractivity contribution in [3.8, 4) is 0 Å². The molecule has 1 amide bonds. The summed E-state index contributed by atoms with van der Waals surface area (Å²) in [5.41, 5.74) is 1.53. The van der Waals surface area contributed by atoms with Crippen LogP contribution >= 0.6 is 11.3 Å². The molecule has 2 aromatic carbocycles. The number of benzene rings is 2. The summed E-state index contributed by atoms with van der Waals surface area (Å²) in [6.45, 7) is 0.994. The average molecular weight is 447 g/mol. The third kappa shape index (κ3) is 4.50. The van der Waals surface area contributed by atoms with Crippen molar-refractivity contribution < 1.29 is 17.6 Å². The van der Waals surface area contributed by atoms with Gasteiger partial charge >= 0.3 is 0 Å². The molecular weight excluding hydrogens is 427 g/mol. The van der Waals surface area contributed by atoms with Gasteiger partial charge in [-0.2, -0.15) is 0 Å². The molecule has 1 atom stereocenters. The van der Waals surface area contributed by atoms with E-state index in [1.165, 1.54) is 41.8 Å². The number of halogens is 1. The zero-order valence-corrected chi connectivity index (χ0v) is 17.4. The highest BCUT2D eigenvalue weighted by Crippen LogP contribution is 2.25. The molecule has 0 spiro atoms. The molecule has 1 fully saturated rings. The topological polar surface area (TPSA) is 91.4 Å². The maximum Gasteiger partial charge on any atom is 0.263 e. The summed E-state index contributed by atoms with van der Waals surface area (Å²) >= 11 is 1.19. The first-order valence-electron chi connectivity index (χ1n) is 9.24. The van der Waals surface area contributed by atoms with Crippen LogP contribution in [0.2, 0.25) is 0 Å². The molecule has 2 heterocycles. The fourth-order valence-electron chi connectivity index (χ4n) is 3.22. The molecule has 0 saturated carbocycles. The van der Waals surface area contributed by atoms with Gasteiger partial charge in [0.05, 0.1) is 10.9 Å². The van der Waals surface area contributed by atoms with Gasteiger partial charge in [-0.05, 0) is 48.4 Å². The van der Waals surface area contributed by atoms with Crippen LogP contribution in [0.25, 0.3) is 0 Å². The zero-order chi connectivity index (χ0) is 21.1. The molecule has 156 valence electrons. The van der Waals surface area contributed by atoms with E-state index in [9.17, 15) is 17.6 Å². The number of anilines is 2. The van der Waals surface area contributed by atoms with Crippen LogP contribution in [0.15, 0.2) is 65.0 Å². The zero-order valence-electron chi connectivity index (χ0n) is 15.8. The van der Waals surface area contributed by atoms with Crippen LogP contribution in [0.4, 0.5) is 15.2 Å². The van der Waals surface area contributed by atoms with Crippen molar-refractivity contribution in [1.82, 2.24) is 10.3 Å². The second-order valence-corrected chi connectivity index (χ2v) is 9.35. The Bertz CT molecular complexity index is 1120. The Kier molecular flexibility index (Phi) is 5.80. The molecule has 1 aromatic heterocycles. The number of rotatable bonds is 7. The van der Waals surface area contributed by atoms with E-state index in [0.717, 1.165) is 5.56 Å². The Morgan fingerprint density at radius 3 is 2.53 bits per heavy atom. The molecule has 1 saturated heterocycles. The molecule has 1 aliphatic rings. The second-order valence-electron chi connectivity index (χ2n) is 6.78. The molecule has 0 bridgehead atoms. The van der Waals surface area contributed by atoms with E-state index in [-0.39, 0.29) is 22.7 Å². The lowest BCUT2D eigenvalue weighted by Gasteiger charge is -2.18. The summed E-state index contributed by atoms with van der Waals surface area (Å²) in [5, 5.41) is 5.18. The van der Waals surface area contributed by atoms with Crippen LogP contribution in [0.3, 0.4) is 0 Å². The van der Waals surface area contributed by atoms with Crippen molar-refractivity contribution in [2.75, 3.05) is 16.2 Å². The standard InChI is InChI=1S/C20H19FN4O3S2/c21-15-3-1-14(2-4-15)13-23-18-9-11-25(19(18)26)16-5-7-17(8-6-16)30(27,28)24-20-22-10-12-29-20/h1-8,10,12,18,23H,9,11,13H2,(H,22,24)/t18-/m0/s1. The molecule has 30 heavy (non-hydrogen) atoms. The Hall–Kier alpha value is -2.82. The SMILES string of the molecule is O=C1[C@@H](NCc2ccc(F)cc2)CCN1c1ccc(S(=O)(=O)Nc2nccs2)cc1. The Morgan fingerprint density at radius 1 is 1.13 bits per heavy atom. The minimum absolute atomic E-state index is 0.0753. The number of sulfonamides is 1. The number of aromatic nitrogens is 1. The molecule has 0 radical (unpaired) electrons. The van der Waals surface area contributed by atoms with Crippen LogP contribution in [0, 0.1) is 5.82 Å². The van der Waals surface area contributed by atoms with E-state index in [0.29, 0.717) is 30.3 Å². The first-order valence-corrected chi connectivity index (χ1v) is 11.6. The van der Waals surface area contributed by atoms with Gasteiger partial charge in [0.15, 0.2) is 5.13 Å². The summed E-state index contributed by atoms with van der Waals surface area (Å²) in [7, 11) is -3.73. The Labute approximate surface area is 177 Å². The molecule has 10 heteroatoms. The van der Waals surface area contributed by atoms with Gasteiger partial charge < -0.3 is 10.2 Å². The molecule has 3 aromatic rings. The molecule has 2 N–H and O–H groups in total. The first-order chi connectivity index (χ1) is 14.4. The van der Waals surface area contributed by atoms with Gasteiger partial charge in [-0.3, -0.25) is 9.52 Å². The smallest absolute Gasteiger partial charge is 0.263 e. The van der Waals surface area contributed by atoms with E-state index < -0.39 is 10.0 Å². The van der Waals surface area contributed by atoms with Crippen LogP contribution < -0.4 is 14.9 Å². The predicted octanol–water partition coefficient (Wildman–Crippen LogP) is 2.98. The normalized spacial score (nSPS) is 16.8. The highest BCUT2D eigenvalue weighted by Gasteiger charge is 2.32. The van der Waals surface area contributed by atoms with Gasteiger partial charge in [0, 0.05) is 30.4 Å².